The lowest BCUT2D eigenvalue weighted by molar-refractivity contribution is -0.113. The van der Waals surface area contributed by atoms with Gasteiger partial charge < -0.3 is 9.30 Å². The van der Waals surface area contributed by atoms with Crippen molar-refractivity contribution in [2.24, 2.45) is 5.92 Å². The lowest BCUT2D eigenvalue weighted by Gasteiger charge is -2.18. The maximum absolute atomic E-state index is 13.9. The molecule has 3 rings (SSSR count). The van der Waals surface area contributed by atoms with Gasteiger partial charge in [-0.25, -0.2) is 4.39 Å². The van der Waals surface area contributed by atoms with E-state index >= 15 is 0 Å². The molecule has 1 unspecified atom stereocenters. The van der Waals surface area contributed by atoms with Gasteiger partial charge in [0.05, 0.1) is 5.75 Å². The number of aromatic nitrogens is 5. The van der Waals surface area contributed by atoms with Crippen molar-refractivity contribution in [1.29, 1.82) is 0 Å². The molecule has 0 radical (unpaired) electrons. The van der Waals surface area contributed by atoms with Gasteiger partial charge in [-0.1, -0.05) is 49.1 Å². The Labute approximate surface area is 182 Å². The molecule has 0 saturated heterocycles. The smallest absolute Gasteiger partial charge is 0.236 e. The van der Waals surface area contributed by atoms with Crippen LogP contribution in [-0.4, -0.2) is 36.6 Å². The van der Waals surface area contributed by atoms with Crippen LogP contribution in [0.15, 0.2) is 29.4 Å². The number of anilines is 1. The van der Waals surface area contributed by atoms with Crippen molar-refractivity contribution in [3.8, 4) is 5.75 Å². The van der Waals surface area contributed by atoms with Crippen LogP contribution in [0, 0.1) is 18.7 Å². The molecule has 1 atom stereocenters. The molecule has 0 fully saturated rings. The first-order chi connectivity index (χ1) is 14.3. The molecule has 0 bridgehead atoms. The molecule has 1 aromatic carbocycles. The predicted octanol–water partition coefficient (Wildman–Crippen LogP) is 4.10. The first kappa shape index (κ1) is 22.2. The highest BCUT2D eigenvalue weighted by Gasteiger charge is 2.22. The highest BCUT2D eigenvalue weighted by molar-refractivity contribution is 7.99. The number of hydrogen-bond donors (Lipinski definition) is 1. The zero-order chi connectivity index (χ0) is 21.7. The average molecular weight is 451 g/mol. The summed E-state index contributed by atoms with van der Waals surface area (Å²) < 4.78 is 21.6. The number of nitrogens with one attached hydrogen (secondary N) is 1. The number of thioether (sulfide) groups is 1. The standard InChI is InChI=1S/C19H23FN6O2S2/c1-11(2)9-26-17(12(3)28-15-8-6-5-7-14(15)20)23-25-19(26)29-10-16(27)21-18-24-22-13(4)30-18/h5-8,11-12H,9-10H2,1-4H3,(H,21,24,27). The van der Waals surface area contributed by atoms with Crippen LogP contribution in [0.4, 0.5) is 9.52 Å². The summed E-state index contributed by atoms with van der Waals surface area (Å²) in [6.07, 6.45) is -0.513. The molecule has 0 spiro atoms. The number of rotatable bonds is 9. The Hall–Kier alpha value is -2.53. The van der Waals surface area contributed by atoms with Crippen molar-refractivity contribution in [3.63, 3.8) is 0 Å². The van der Waals surface area contributed by atoms with Gasteiger partial charge in [0.2, 0.25) is 11.0 Å². The van der Waals surface area contributed by atoms with Crippen LogP contribution in [0.1, 0.15) is 37.7 Å². The average Bonchev–Trinajstić information content (AvgIpc) is 3.27. The summed E-state index contributed by atoms with van der Waals surface area (Å²) in [6, 6.07) is 6.24. The highest BCUT2D eigenvalue weighted by atomic mass is 32.2. The van der Waals surface area contributed by atoms with E-state index in [2.05, 4.69) is 39.6 Å². The van der Waals surface area contributed by atoms with Gasteiger partial charge in [-0.05, 0) is 31.9 Å². The molecule has 0 aliphatic carbocycles. The minimum absolute atomic E-state index is 0.150. The van der Waals surface area contributed by atoms with Crippen molar-refractivity contribution in [3.05, 3.63) is 40.9 Å². The molecule has 0 aliphatic rings. The van der Waals surface area contributed by atoms with E-state index in [-0.39, 0.29) is 17.4 Å². The van der Waals surface area contributed by atoms with E-state index in [9.17, 15) is 9.18 Å². The Bertz CT molecular complexity index is 1010. The molecule has 1 amide bonds. The quantitative estimate of drug-likeness (QED) is 0.490. The Morgan fingerprint density at radius 1 is 1.23 bits per heavy atom. The lowest BCUT2D eigenvalue weighted by atomic mass is 10.2. The predicted molar refractivity (Wildman–Crippen MR) is 114 cm³/mol. The van der Waals surface area contributed by atoms with E-state index < -0.39 is 11.9 Å². The van der Waals surface area contributed by atoms with Crippen LogP contribution in [0.25, 0.3) is 0 Å². The summed E-state index contributed by atoms with van der Waals surface area (Å²) in [5.74, 6) is 0.569. The maximum Gasteiger partial charge on any atom is 0.236 e. The molecule has 160 valence electrons. The third-order valence-electron chi connectivity index (χ3n) is 3.90. The maximum atomic E-state index is 13.9. The minimum Gasteiger partial charge on any atom is -0.480 e. The van der Waals surface area contributed by atoms with Gasteiger partial charge in [0.15, 0.2) is 28.7 Å². The second-order valence-electron chi connectivity index (χ2n) is 7.00. The number of amides is 1. The molecule has 8 nitrogen and oxygen atoms in total. The number of hydrogen-bond acceptors (Lipinski definition) is 8. The molecule has 0 saturated carbocycles. The molecule has 3 aromatic rings. The van der Waals surface area contributed by atoms with E-state index in [1.807, 2.05) is 11.5 Å². The van der Waals surface area contributed by atoms with E-state index in [1.54, 1.807) is 25.1 Å². The van der Waals surface area contributed by atoms with Crippen LogP contribution >= 0.6 is 23.1 Å². The largest absolute Gasteiger partial charge is 0.480 e. The number of halogens is 1. The SMILES string of the molecule is Cc1nnc(NC(=O)CSc2nnc(C(C)Oc3ccccc3F)n2CC(C)C)s1. The van der Waals surface area contributed by atoms with Crippen LogP contribution in [0.2, 0.25) is 0 Å². The van der Waals surface area contributed by atoms with Gasteiger partial charge in [0.1, 0.15) is 5.01 Å². The van der Waals surface area contributed by atoms with Gasteiger partial charge in [-0.3, -0.25) is 10.1 Å². The fourth-order valence-electron chi connectivity index (χ4n) is 2.66. The van der Waals surface area contributed by atoms with Crippen molar-refractivity contribution < 1.29 is 13.9 Å². The van der Waals surface area contributed by atoms with Crippen LogP contribution < -0.4 is 10.1 Å². The second-order valence-corrected chi connectivity index (χ2v) is 9.12. The molecule has 2 heterocycles. The number of carbonyl (C=O) groups excluding carboxylic acids is 1. The minimum atomic E-state index is -0.513. The summed E-state index contributed by atoms with van der Waals surface area (Å²) in [5.41, 5.74) is 0. The first-order valence-corrected chi connectivity index (χ1v) is 11.2. The first-order valence-electron chi connectivity index (χ1n) is 9.40. The summed E-state index contributed by atoms with van der Waals surface area (Å²) in [4.78, 5) is 12.2. The number of ether oxygens (including phenoxy) is 1. The van der Waals surface area contributed by atoms with Gasteiger partial charge >= 0.3 is 0 Å². The number of nitrogens with zero attached hydrogens (tertiary/aromatic N) is 5. The van der Waals surface area contributed by atoms with E-state index in [0.29, 0.717) is 28.6 Å². The summed E-state index contributed by atoms with van der Waals surface area (Å²) in [5, 5.41) is 20.8. The third-order valence-corrected chi connectivity index (χ3v) is 5.62. The van der Waals surface area contributed by atoms with Gasteiger partial charge in [0, 0.05) is 6.54 Å². The number of aryl methyl sites for hydroxylation is 1. The summed E-state index contributed by atoms with van der Waals surface area (Å²) in [6.45, 7) is 8.41. The van der Waals surface area contributed by atoms with Crippen molar-refractivity contribution in [2.45, 2.75) is 45.5 Å². The Kier molecular flexibility index (Phi) is 7.38. The van der Waals surface area contributed by atoms with E-state index in [0.717, 1.165) is 5.01 Å². The molecular weight excluding hydrogens is 427 g/mol. The molecule has 2 aromatic heterocycles. The van der Waals surface area contributed by atoms with Crippen LogP contribution in [0.5, 0.6) is 5.75 Å². The van der Waals surface area contributed by atoms with E-state index in [4.69, 9.17) is 4.74 Å². The van der Waals surface area contributed by atoms with Gasteiger partial charge in [-0.2, -0.15) is 0 Å². The Balaban J connectivity index is 1.71. The molecule has 11 heteroatoms. The van der Waals surface area contributed by atoms with Gasteiger partial charge in [0.25, 0.3) is 0 Å². The Morgan fingerprint density at radius 3 is 2.67 bits per heavy atom. The molecule has 30 heavy (non-hydrogen) atoms. The zero-order valence-corrected chi connectivity index (χ0v) is 18.8. The van der Waals surface area contributed by atoms with Gasteiger partial charge in [-0.15, -0.1) is 20.4 Å². The number of para-hydroxylation sites is 1. The molecular formula is C19H23FN6O2S2. The Morgan fingerprint density at radius 2 is 2.00 bits per heavy atom. The van der Waals surface area contributed by atoms with E-state index in [1.165, 1.54) is 29.2 Å². The third kappa shape index (κ3) is 5.76. The fraction of sp³-hybridized carbons (Fsp3) is 0.421. The van der Waals surface area contributed by atoms with Crippen molar-refractivity contribution in [2.75, 3.05) is 11.1 Å². The number of carbonyl (C=O) groups is 1. The zero-order valence-electron chi connectivity index (χ0n) is 17.1. The summed E-state index contributed by atoms with van der Waals surface area (Å²) >= 11 is 2.59. The number of benzene rings is 1. The van der Waals surface area contributed by atoms with Crippen molar-refractivity contribution >= 4 is 34.1 Å². The van der Waals surface area contributed by atoms with Crippen molar-refractivity contribution in [1.82, 2.24) is 25.0 Å². The highest BCUT2D eigenvalue weighted by Crippen LogP contribution is 2.27. The molecule has 0 aliphatic heterocycles. The lowest BCUT2D eigenvalue weighted by Crippen LogP contribution is -2.17. The van der Waals surface area contributed by atoms with Crippen LogP contribution in [0.3, 0.4) is 0 Å². The topological polar surface area (TPSA) is 94.8 Å². The molecule has 1 N–H and O–H groups in total. The monoisotopic (exact) mass is 450 g/mol. The van der Waals surface area contributed by atoms with Crippen LogP contribution in [-0.2, 0) is 11.3 Å². The second kappa shape index (κ2) is 9.98. The normalized spacial score (nSPS) is 12.2. The summed E-state index contributed by atoms with van der Waals surface area (Å²) in [7, 11) is 0. The fourth-order valence-corrected chi connectivity index (χ4v) is 4.02.